The van der Waals surface area contributed by atoms with Gasteiger partial charge in [-0.05, 0) is 22.9 Å². The van der Waals surface area contributed by atoms with Gasteiger partial charge in [-0.15, -0.1) is 20.4 Å². The molecule has 8 heteroatoms. The van der Waals surface area contributed by atoms with Crippen molar-refractivity contribution in [1.82, 2.24) is 30.4 Å². The molecule has 0 saturated carbocycles. The molecule has 0 bridgehead atoms. The van der Waals surface area contributed by atoms with Crippen LogP contribution in [0.2, 0.25) is 0 Å². The SMILES string of the molecule is Cc1nnc(Cn2nnc(Cc3cccc(Br)c3)n2)o1. The molecule has 2 aromatic heterocycles. The second kappa shape index (κ2) is 5.49. The number of rotatable bonds is 4. The molecule has 20 heavy (non-hydrogen) atoms. The minimum Gasteiger partial charge on any atom is -0.423 e. The van der Waals surface area contributed by atoms with Crippen LogP contribution in [0.15, 0.2) is 33.2 Å². The minimum absolute atomic E-state index is 0.326. The molecule has 3 aromatic rings. The normalized spacial score (nSPS) is 10.9. The molecule has 0 unspecified atom stereocenters. The van der Waals surface area contributed by atoms with Crippen LogP contribution in [0.5, 0.6) is 0 Å². The summed E-state index contributed by atoms with van der Waals surface area (Å²) in [5.41, 5.74) is 1.12. The standard InChI is InChI=1S/C12H11BrN6O/c1-8-14-16-12(20-8)7-19-17-11(15-18-19)6-9-3-2-4-10(13)5-9/h2-5H,6-7H2,1H3. The zero-order valence-corrected chi connectivity index (χ0v) is 12.3. The van der Waals surface area contributed by atoms with Crippen LogP contribution >= 0.6 is 15.9 Å². The van der Waals surface area contributed by atoms with E-state index >= 15 is 0 Å². The van der Waals surface area contributed by atoms with E-state index in [9.17, 15) is 0 Å². The van der Waals surface area contributed by atoms with Crippen molar-refractivity contribution < 1.29 is 4.42 Å². The number of nitrogens with zero attached hydrogens (tertiary/aromatic N) is 6. The summed E-state index contributed by atoms with van der Waals surface area (Å²) in [6.07, 6.45) is 0.627. The maximum atomic E-state index is 5.27. The monoisotopic (exact) mass is 334 g/mol. The lowest BCUT2D eigenvalue weighted by Crippen LogP contribution is -2.04. The molecule has 0 N–H and O–H groups in total. The Kier molecular flexibility index (Phi) is 3.55. The molecule has 102 valence electrons. The Labute approximate surface area is 123 Å². The number of benzene rings is 1. The summed E-state index contributed by atoms with van der Waals surface area (Å²) in [7, 11) is 0. The van der Waals surface area contributed by atoms with E-state index in [2.05, 4.69) is 41.5 Å². The molecule has 0 amide bonds. The van der Waals surface area contributed by atoms with E-state index in [1.807, 2.05) is 24.3 Å². The summed E-state index contributed by atoms with van der Waals surface area (Å²) in [6, 6.07) is 8.01. The topological polar surface area (TPSA) is 82.5 Å². The van der Waals surface area contributed by atoms with Crippen molar-refractivity contribution in [3.8, 4) is 0 Å². The van der Waals surface area contributed by atoms with Crippen molar-refractivity contribution >= 4 is 15.9 Å². The van der Waals surface area contributed by atoms with Crippen molar-refractivity contribution in [3.05, 3.63) is 51.9 Å². The first-order chi connectivity index (χ1) is 9.69. The van der Waals surface area contributed by atoms with Gasteiger partial charge in [-0.2, -0.15) is 4.80 Å². The summed E-state index contributed by atoms with van der Waals surface area (Å²) >= 11 is 3.44. The Hall–Kier alpha value is -2.09. The van der Waals surface area contributed by atoms with Gasteiger partial charge in [-0.25, -0.2) is 0 Å². The largest absolute Gasteiger partial charge is 0.423 e. The first-order valence-corrected chi connectivity index (χ1v) is 6.78. The van der Waals surface area contributed by atoms with Gasteiger partial charge in [-0.1, -0.05) is 28.1 Å². The Bertz CT molecular complexity index is 722. The fourth-order valence-corrected chi connectivity index (χ4v) is 2.21. The van der Waals surface area contributed by atoms with Crippen LogP contribution in [0.25, 0.3) is 0 Å². The van der Waals surface area contributed by atoms with E-state index in [1.54, 1.807) is 6.92 Å². The molecule has 0 radical (unpaired) electrons. The van der Waals surface area contributed by atoms with E-state index in [-0.39, 0.29) is 0 Å². The number of hydrogen-bond acceptors (Lipinski definition) is 6. The highest BCUT2D eigenvalue weighted by atomic mass is 79.9. The highest BCUT2D eigenvalue weighted by Gasteiger charge is 2.08. The van der Waals surface area contributed by atoms with Gasteiger partial charge >= 0.3 is 0 Å². The number of hydrogen-bond donors (Lipinski definition) is 0. The molecular weight excluding hydrogens is 324 g/mol. The molecule has 0 atom stereocenters. The van der Waals surface area contributed by atoms with Gasteiger partial charge in [0.2, 0.25) is 11.8 Å². The Morgan fingerprint density at radius 2 is 2.15 bits per heavy atom. The van der Waals surface area contributed by atoms with Crippen LogP contribution in [0.4, 0.5) is 0 Å². The van der Waals surface area contributed by atoms with Gasteiger partial charge in [0.15, 0.2) is 5.82 Å². The lowest BCUT2D eigenvalue weighted by molar-refractivity contribution is 0.423. The first kappa shape index (κ1) is 12.9. The second-order valence-electron chi connectivity index (χ2n) is 4.26. The van der Waals surface area contributed by atoms with E-state index in [0.717, 1.165) is 10.0 Å². The van der Waals surface area contributed by atoms with Crippen LogP contribution in [0, 0.1) is 6.92 Å². The second-order valence-corrected chi connectivity index (χ2v) is 5.17. The quantitative estimate of drug-likeness (QED) is 0.723. The zero-order chi connectivity index (χ0) is 13.9. The van der Waals surface area contributed by atoms with Crippen LogP contribution in [0.3, 0.4) is 0 Å². The Balaban J connectivity index is 1.70. The van der Waals surface area contributed by atoms with Gasteiger partial charge in [-0.3, -0.25) is 0 Å². The van der Waals surface area contributed by atoms with Gasteiger partial charge in [0.25, 0.3) is 0 Å². The fourth-order valence-electron chi connectivity index (χ4n) is 1.77. The molecule has 7 nitrogen and oxygen atoms in total. The molecule has 0 aliphatic heterocycles. The lowest BCUT2D eigenvalue weighted by atomic mass is 10.1. The number of tetrazole rings is 1. The summed E-state index contributed by atoms with van der Waals surface area (Å²) < 4.78 is 6.30. The third kappa shape index (κ3) is 3.08. The highest BCUT2D eigenvalue weighted by Crippen LogP contribution is 2.13. The molecule has 0 aliphatic rings. The van der Waals surface area contributed by atoms with E-state index in [0.29, 0.717) is 30.6 Å². The van der Waals surface area contributed by atoms with Gasteiger partial charge < -0.3 is 4.42 Å². The first-order valence-electron chi connectivity index (χ1n) is 5.99. The average molecular weight is 335 g/mol. The molecule has 0 aliphatic carbocycles. The van der Waals surface area contributed by atoms with Crippen molar-refractivity contribution in [1.29, 1.82) is 0 Å². The van der Waals surface area contributed by atoms with Gasteiger partial charge in [0.1, 0.15) is 6.54 Å². The zero-order valence-electron chi connectivity index (χ0n) is 10.7. The predicted octanol–water partition coefficient (Wildman–Crippen LogP) is 1.77. The van der Waals surface area contributed by atoms with Crippen molar-refractivity contribution in [2.75, 3.05) is 0 Å². The van der Waals surface area contributed by atoms with Crippen molar-refractivity contribution in [2.45, 2.75) is 19.9 Å². The van der Waals surface area contributed by atoms with Crippen LogP contribution in [-0.4, -0.2) is 30.4 Å². The number of aromatic nitrogens is 6. The van der Waals surface area contributed by atoms with Crippen LogP contribution < -0.4 is 0 Å². The number of halogens is 1. The Morgan fingerprint density at radius 1 is 1.25 bits per heavy atom. The van der Waals surface area contributed by atoms with E-state index < -0.39 is 0 Å². The molecule has 1 aromatic carbocycles. The smallest absolute Gasteiger partial charge is 0.239 e. The van der Waals surface area contributed by atoms with Crippen LogP contribution in [0.1, 0.15) is 23.2 Å². The highest BCUT2D eigenvalue weighted by molar-refractivity contribution is 9.10. The molecule has 3 rings (SSSR count). The number of aryl methyl sites for hydroxylation is 1. The van der Waals surface area contributed by atoms with Crippen LogP contribution in [-0.2, 0) is 13.0 Å². The van der Waals surface area contributed by atoms with E-state index in [1.165, 1.54) is 4.80 Å². The minimum atomic E-state index is 0.326. The van der Waals surface area contributed by atoms with Gasteiger partial charge in [0, 0.05) is 17.8 Å². The predicted molar refractivity (Wildman–Crippen MR) is 72.9 cm³/mol. The summed E-state index contributed by atoms with van der Waals surface area (Å²) in [5, 5.41) is 19.9. The Morgan fingerprint density at radius 3 is 2.90 bits per heavy atom. The van der Waals surface area contributed by atoms with Crippen molar-refractivity contribution in [3.63, 3.8) is 0 Å². The van der Waals surface area contributed by atoms with Crippen molar-refractivity contribution in [2.24, 2.45) is 0 Å². The maximum Gasteiger partial charge on any atom is 0.239 e. The maximum absolute atomic E-state index is 5.27. The molecular formula is C12H11BrN6O. The average Bonchev–Trinajstić information content (AvgIpc) is 3.00. The van der Waals surface area contributed by atoms with E-state index in [4.69, 9.17) is 4.42 Å². The third-order valence-corrected chi connectivity index (χ3v) is 3.08. The molecule has 0 fully saturated rings. The third-order valence-electron chi connectivity index (χ3n) is 2.59. The summed E-state index contributed by atoms with van der Waals surface area (Å²) in [4.78, 5) is 1.44. The lowest BCUT2D eigenvalue weighted by Gasteiger charge is -1.97. The molecule has 0 saturated heterocycles. The van der Waals surface area contributed by atoms with Gasteiger partial charge in [0.05, 0.1) is 0 Å². The summed E-state index contributed by atoms with van der Waals surface area (Å²) in [5.74, 6) is 1.64. The molecule has 0 spiro atoms. The molecule has 2 heterocycles. The summed E-state index contributed by atoms with van der Waals surface area (Å²) in [6.45, 7) is 2.07. The fraction of sp³-hybridized carbons (Fsp3) is 0.250.